The lowest BCUT2D eigenvalue weighted by molar-refractivity contribution is -0.165. The minimum absolute atomic E-state index is 1.10. The van der Waals surface area contributed by atoms with Crippen molar-refractivity contribution in [2.45, 2.75) is 48.8 Å². The number of carbonyl (C=O) groups is 2. The van der Waals surface area contributed by atoms with E-state index in [2.05, 4.69) is 8.37 Å². The quantitative estimate of drug-likeness (QED) is 0.131. The van der Waals surface area contributed by atoms with Crippen molar-refractivity contribution in [2.24, 2.45) is 0 Å². The zero-order chi connectivity index (χ0) is 23.1. The average molecular weight is 454 g/mol. The fraction of sp³-hybridized carbons (Fsp3) is 0.833. The van der Waals surface area contributed by atoms with Gasteiger partial charge in [0.05, 0.1) is 13.2 Å². The van der Waals surface area contributed by atoms with Crippen molar-refractivity contribution in [1.29, 1.82) is 0 Å². The van der Waals surface area contributed by atoms with Crippen LogP contribution in [-0.4, -0.2) is 133 Å². The predicted molar refractivity (Wildman–Crippen MR) is 83.3 cm³/mol. The first-order valence-corrected chi connectivity index (χ1v) is 8.91. The molecule has 0 saturated carbocycles. The SMILES string of the molecule is O=C(OS(=O)(=O)OC(=O)[C@@H](O)[C@@H](O)[C@H](O)[C@H](O)CO)[C@@H](O)[C@@H](O)[C@H](O)[C@H](O)CO. The molecule has 0 heterocycles. The van der Waals surface area contributed by atoms with Crippen molar-refractivity contribution in [1.82, 2.24) is 0 Å². The molecule has 0 aromatic heterocycles. The molecule has 10 N–H and O–H groups in total. The molecule has 0 fully saturated rings. The summed E-state index contributed by atoms with van der Waals surface area (Å²) in [6.45, 7) is -2.21. The molecule has 0 aromatic rings. The molecule has 172 valence electrons. The van der Waals surface area contributed by atoms with E-state index in [1.807, 2.05) is 0 Å². The largest absolute Gasteiger partial charge is 0.506 e. The number of rotatable bonds is 12. The van der Waals surface area contributed by atoms with Gasteiger partial charge in [-0.05, 0) is 0 Å². The lowest BCUT2D eigenvalue weighted by Gasteiger charge is -2.24. The molecular formula is C12H22O16S. The summed E-state index contributed by atoms with van der Waals surface area (Å²) in [6, 6.07) is 0. The minimum Gasteiger partial charge on any atom is -0.394 e. The highest BCUT2D eigenvalue weighted by Gasteiger charge is 2.40. The molecule has 29 heavy (non-hydrogen) atoms. The Morgan fingerprint density at radius 2 is 0.897 bits per heavy atom. The maximum atomic E-state index is 11.5. The van der Waals surface area contributed by atoms with Crippen molar-refractivity contribution in [3.8, 4) is 0 Å². The summed E-state index contributed by atoms with van der Waals surface area (Å²) >= 11 is 0. The average Bonchev–Trinajstić information content (AvgIpc) is 2.67. The lowest BCUT2D eigenvalue weighted by Crippen LogP contribution is -2.50. The second kappa shape index (κ2) is 11.6. The van der Waals surface area contributed by atoms with Gasteiger partial charge in [0.1, 0.15) is 36.6 Å². The molecule has 0 aliphatic heterocycles. The Bertz CT molecular complexity index is 588. The summed E-state index contributed by atoms with van der Waals surface area (Å²) in [5, 5.41) is 91.6. The van der Waals surface area contributed by atoms with E-state index in [0.29, 0.717) is 0 Å². The van der Waals surface area contributed by atoms with Gasteiger partial charge in [-0.1, -0.05) is 0 Å². The summed E-state index contributed by atoms with van der Waals surface area (Å²) in [5.41, 5.74) is 0. The summed E-state index contributed by atoms with van der Waals surface area (Å²) < 4.78 is 30.1. The van der Waals surface area contributed by atoms with E-state index < -0.39 is 84.4 Å². The van der Waals surface area contributed by atoms with Crippen LogP contribution < -0.4 is 0 Å². The topological polar surface area (TPSA) is 289 Å². The smallest absolute Gasteiger partial charge is 0.394 e. The van der Waals surface area contributed by atoms with Crippen molar-refractivity contribution in [3.63, 3.8) is 0 Å². The first-order valence-electron chi connectivity index (χ1n) is 7.58. The Kier molecular flexibility index (Phi) is 11.0. The number of aliphatic hydroxyl groups is 10. The van der Waals surface area contributed by atoms with Gasteiger partial charge in [0.25, 0.3) is 0 Å². The standard InChI is InChI=1S/C12H22O16S/c13-1-3(15)5(17)7(19)9(21)11(23)27-29(25,26)28-12(24)10(22)8(20)6(18)4(16)2-14/h3-10,13-22H,1-2H2/t3-,4-,5-,6-,7+,8+,9+,10+/m1/s1. The molecule has 0 aliphatic rings. The molecule has 17 heteroatoms. The van der Waals surface area contributed by atoms with E-state index in [-0.39, 0.29) is 0 Å². The van der Waals surface area contributed by atoms with Gasteiger partial charge >= 0.3 is 22.3 Å². The van der Waals surface area contributed by atoms with Crippen LogP contribution in [0.5, 0.6) is 0 Å². The van der Waals surface area contributed by atoms with Gasteiger partial charge in [0, 0.05) is 0 Å². The first-order chi connectivity index (χ1) is 13.2. The van der Waals surface area contributed by atoms with Crippen LogP contribution in [0.3, 0.4) is 0 Å². The monoisotopic (exact) mass is 454 g/mol. The van der Waals surface area contributed by atoms with Gasteiger partial charge in [-0.15, -0.1) is 8.42 Å². The zero-order valence-electron chi connectivity index (χ0n) is 14.4. The highest BCUT2D eigenvalue weighted by Crippen LogP contribution is 2.12. The van der Waals surface area contributed by atoms with Gasteiger partial charge in [0.15, 0.2) is 12.2 Å². The molecule has 0 radical (unpaired) electrons. The Morgan fingerprint density at radius 1 is 0.621 bits per heavy atom. The van der Waals surface area contributed by atoms with Crippen LogP contribution in [-0.2, 0) is 28.4 Å². The second-order valence-corrected chi connectivity index (χ2v) is 6.71. The maximum absolute atomic E-state index is 11.5. The fourth-order valence-electron chi connectivity index (χ4n) is 1.64. The lowest BCUT2D eigenvalue weighted by atomic mass is 10.0. The molecule has 0 amide bonds. The third-order valence-corrected chi connectivity index (χ3v) is 4.10. The van der Waals surface area contributed by atoms with Crippen LogP contribution >= 0.6 is 0 Å². The summed E-state index contributed by atoms with van der Waals surface area (Å²) in [7, 11) is -5.67. The van der Waals surface area contributed by atoms with Crippen LogP contribution in [0.2, 0.25) is 0 Å². The molecule has 8 atom stereocenters. The molecule has 0 bridgehead atoms. The predicted octanol–water partition coefficient (Wildman–Crippen LogP) is -7.81. The molecule has 0 aliphatic carbocycles. The highest BCUT2D eigenvalue weighted by molar-refractivity contribution is 7.82. The molecule has 0 rings (SSSR count). The first kappa shape index (κ1) is 27.5. The molecule has 0 unspecified atom stereocenters. The van der Waals surface area contributed by atoms with Gasteiger partial charge in [-0.25, -0.2) is 9.59 Å². The summed E-state index contributed by atoms with van der Waals surface area (Å²) in [6.07, 6.45) is -19.4. The van der Waals surface area contributed by atoms with Crippen molar-refractivity contribution < 1.29 is 77.4 Å². The molecule has 16 nitrogen and oxygen atoms in total. The third kappa shape index (κ3) is 8.03. The Morgan fingerprint density at radius 3 is 1.14 bits per heavy atom. The number of carbonyl (C=O) groups excluding carboxylic acids is 2. The van der Waals surface area contributed by atoms with Crippen LogP contribution in [0, 0.1) is 0 Å². The molecule has 0 aromatic carbocycles. The van der Waals surface area contributed by atoms with E-state index in [4.69, 9.17) is 20.4 Å². The maximum Gasteiger partial charge on any atom is 0.506 e. The second-order valence-electron chi connectivity index (χ2n) is 5.56. The number of hydrogen-bond donors (Lipinski definition) is 10. The van der Waals surface area contributed by atoms with E-state index in [1.54, 1.807) is 0 Å². The molecular weight excluding hydrogens is 432 g/mol. The molecule has 0 saturated heterocycles. The number of hydrogen-bond acceptors (Lipinski definition) is 16. The van der Waals surface area contributed by atoms with E-state index in [9.17, 15) is 48.6 Å². The normalized spacial score (nSPS) is 20.5. The van der Waals surface area contributed by atoms with Crippen LogP contribution in [0.15, 0.2) is 0 Å². The van der Waals surface area contributed by atoms with E-state index >= 15 is 0 Å². The number of aliphatic hydroxyl groups excluding tert-OH is 10. The van der Waals surface area contributed by atoms with Crippen LogP contribution in [0.4, 0.5) is 0 Å². The minimum atomic E-state index is -5.67. The van der Waals surface area contributed by atoms with Gasteiger partial charge in [0.2, 0.25) is 0 Å². The summed E-state index contributed by atoms with van der Waals surface area (Å²) in [4.78, 5) is 22.9. The Balaban J connectivity index is 5.02. The summed E-state index contributed by atoms with van der Waals surface area (Å²) in [5.74, 6) is -4.42. The third-order valence-electron chi connectivity index (χ3n) is 3.36. The fourth-order valence-corrected chi connectivity index (χ4v) is 2.27. The highest BCUT2D eigenvalue weighted by atomic mass is 32.3. The van der Waals surface area contributed by atoms with Crippen LogP contribution in [0.1, 0.15) is 0 Å². The van der Waals surface area contributed by atoms with E-state index in [1.165, 1.54) is 0 Å². The van der Waals surface area contributed by atoms with Crippen molar-refractivity contribution >= 4 is 22.3 Å². The molecule has 0 spiro atoms. The van der Waals surface area contributed by atoms with Gasteiger partial charge in [-0.2, -0.15) is 0 Å². The van der Waals surface area contributed by atoms with Gasteiger partial charge in [-0.3, -0.25) is 0 Å². The van der Waals surface area contributed by atoms with E-state index in [0.717, 1.165) is 0 Å². The van der Waals surface area contributed by atoms with Crippen molar-refractivity contribution in [3.05, 3.63) is 0 Å². The Labute approximate surface area is 162 Å². The zero-order valence-corrected chi connectivity index (χ0v) is 15.2. The van der Waals surface area contributed by atoms with Gasteiger partial charge < -0.3 is 59.4 Å². The Hall–Kier alpha value is -1.51. The van der Waals surface area contributed by atoms with Crippen molar-refractivity contribution in [2.75, 3.05) is 13.2 Å². The van der Waals surface area contributed by atoms with Crippen LogP contribution in [0.25, 0.3) is 0 Å².